The average Bonchev–Trinajstić information content (AvgIpc) is 2.94. The zero-order valence-electron chi connectivity index (χ0n) is 13.1. The van der Waals surface area contributed by atoms with Crippen molar-refractivity contribution >= 4 is 11.9 Å². The first-order valence-corrected chi connectivity index (χ1v) is 7.88. The Balaban J connectivity index is 1.89. The smallest absolute Gasteiger partial charge is 0.319 e. The van der Waals surface area contributed by atoms with Crippen LogP contribution in [0.25, 0.3) is 0 Å². The molecule has 2 rings (SSSR count). The van der Waals surface area contributed by atoms with Gasteiger partial charge in [-0.15, -0.1) is 0 Å². The quantitative estimate of drug-likeness (QED) is 0.830. The number of nitrogens with zero attached hydrogens (tertiary/aromatic N) is 3. The molecule has 2 aliphatic rings. The molecule has 6 nitrogen and oxygen atoms in total. The molecule has 0 aromatic carbocycles. The van der Waals surface area contributed by atoms with Crippen LogP contribution in [0.3, 0.4) is 0 Å². The molecule has 120 valence electrons. The highest BCUT2D eigenvalue weighted by atomic mass is 16.3. The fourth-order valence-corrected chi connectivity index (χ4v) is 3.34. The molecule has 0 aromatic rings. The summed E-state index contributed by atoms with van der Waals surface area (Å²) in [6.07, 6.45) is 3.53. The predicted molar refractivity (Wildman–Crippen MR) is 79.8 cm³/mol. The largest absolute Gasteiger partial charge is 0.396 e. The van der Waals surface area contributed by atoms with Gasteiger partial charge in [0.25, 0.3) is 0 Å². The second-order valence-electron chi connectivity index (χ2n) is 6.41. The number of hydrogen-bond acceptors (Lipinski definition) is 3. The fraction of sp³-hybridized carbons (Fsp3) is 0.867. The van der Waals surface area contributed by atoms with Crippen molar-refractivity contribution in [1.29, 1.82) is 0 Å². The van der Waals surface area contributed by atoms with Crippen LogP contribution in [-0.4, -0.2) is 78.6 Å². The molecular formula is C15H27N3O3. The van der Waals surface area contributed by atoms with Gasteiger partial charge in [0.15, 0.2) is 0 Å². The summed E-state index contributed by atoms with van der Waals surface area (Å²) in [6, 6.07) is -0.00733. The van der Waals surface area contributed by atoms with Gasteiger partial charge in [-0.2, -0.15) is 0 Å². The van der Waals surface area contributed by atoms with E-state index in [9.17, 15) is 9.59 Å². The molecular weight excluding hydrogens is 270 g/mol. The minimum absolute atomic E-state index is 0.00733. The number of piperidine rings is 1. The Morgan fingerprint density at radius 1 is 1.14 bits per heavy atom. The van der Waals surface area contributed by atoms with E-state index in [-0.39, 0.29) is 24.5 Å². The first-order valence-electron chi connectivity index (χ1n) is 7.88. The van der Waals surface area contributed by atoms with Crippen LogP contribution in [-0.2, 0) is 4.79 Å². The number of rotatable bonds is 3. The lowest BCUT2D eigenvalue weighted by Crippen LogP contribution is -2.49. The van der Waals surface area contributed by atoms with Crippen molar-refractivity contribution < 1.29 is 14.7 Å². The molecule has 2 atom stereocenters. The summed E-state index contributed by atoms with van der Waals surface area (Å²) in [5.74, 6) is 0.560. The van der Waals surface area contributed by atoms with Crippen LogP contribution in [0.15, 0.2) is 0 Å². The Kier molecular flexibility index (Phi) is 5.45. The fourth-order valence-electron chi connectivity index (χ4n) is 3.34. The summed E-state index contributed by atoms with van der Waals surface area (Å²) in [5, 5.41) is 9.00. The van der Waals surface area contributed by atoms with Gasteiger partial charge in [0.05, 0.1) is 5.92 Å². The zero-order valence-corrected chi connectivity index (χ0v) is 13.1. The number of hydrogen-bond donors (Lipinski definition) is 1. The molecule has 21 heavy (non-hydrogen) atoms. The number of carbonyl (C=O) groups excluding carboxylic acids is 2. The summed E-state index contributed by atoms with van der Waals surface area (Å²) >= 11 is 0. The number of aliphatic hydroxyl groups is 1. The maximum atomic E-state index is 12.6. The van der Waals surface area contributed by atoms with Gasteiger partial charge in [-0.1, -0.05) is 0 Å². The number of likely N-dealkylation sites (tertiary alicyclic amines) is 2. The third kappa shape index (κ3) is 3.87. The molecule has 2 aliphatic heterocycles. The van der Waals surface area contributed by atoms with Crippen LogP contribution in [0, 0.1) is 11.8 Å². The third-order valence-corrected chi connectivity index (χ3v) is 4.56. The monoisotopic (exact) mass is 297 g/mol. The minimum atomic E-state index is -0.0597. The van der Waals surface area contributed by atoms with Crippen LogP contribution in [0.2, 0.25) is 0 Å². The average molecular weight is 297 g/mol. The van der Waals surface area contributed by atoms with Gasteiger partial charge in [-0.25, -0.2) is 4.79 Å². The molecule has 0 bridgehead atoms. The summed E-state index contributed by atoms with van der Waals surface area (Å²) in [7, 11) is 3.49. The van der Waals surface area contributed by atoms with E-state index in [1.54, 1.807) is 23.9 Å². The Labute approximate surface area is 126 Å². The van der Waals surface area contributed by atoms with Crippen LogP contribution >= 0.6 is 0 Å². The highest BCUT2D eigenvalue weighted by molar-refractivity contribution is 5.81. The van der Waals surface area contributed by atoms with Crippen LogP contribution in [0.4, 0.5) is 4.79 Å². The summed E-state index contributed by atoms with van der Waals surface area (Å²) in [5.41, 5.74) is 0. The maximum absolute atomic E-state index is 12.6. The third-order valence-electron chi connectivity index (χ3n) is 4.56. The Hall–Kier alpha value is -1.30. The van der Waals surface area contributed by atoms with Crippen molar-refractivity contribution in [1.82, 2.24) is 14.7 Å². The van der Waals surface area contributed by atoms with Crippen molar-refractivity contribution in [3.05, 3.63) is 0 Å². The van der Waals surface area contributed by atoms with E-state index >= 15 is 0 Å². The highest BCUT2D eigenvalue weighted by Gasteiger charge is 2.34. The topological polar surface area (TPSA) is 64.1 Å². The molecule has 2 unspecified atom stereocenters. The normalized spacial score (nSPS) is 26.0. The van der Waals surface area contributed by atoms with Gasteiger partial charge in [-0.3, -0.25) is 4.79 Å². The molecule has 0 aliphatic carbocycles. The molecule has 6 heteroatoms. The second kappa shape index (κ2) is 7.11. The summed E-state index contributed by atoms with van der Waals surface area (Å²) in [6.45, 7) is 3.03. The number of carbonyl (C=O) groups is 2. The lowest BCUT2D eigenvalue weighted by Gasteiger charge is -2.35. The van der Waals surface area contributed by atoms with Gasteiger partial charge < -0.3 is 19.8 Å². The Morgan fingerprint density at radius 2 is 1.90 bits per heavy atom. The number of amides is 3. The van der Waals surface area contributed by atoms with E-state index in [4.69, 9.17) is 5.11 Å². The maximum Gasteiger partial charge on any atom is 0.319 e. The van der Waals surface area contributed by atoms with Crippen molar-refractivity contribution in [3.8, 4) is 0 Å². The molecule has 0 saturated carbocycles. The van der Waals surface area contributed by atoms with E-state index in [0.29, 0.717) is 12.5 Å². The minimum Gasteiger partial charge on any atom is -0.396 e. The summed E-state index contributed by atoms with van der Waals surface area (Å²) < 4.78 is 0. The first-order chi connectivity index (χ1) is 10.0. The van der Waals surface area contributed by atoms with Gasteiger partial charge in [0.1, 0.15) is 0 Å². The SMILES string of the molecule is CN(C)C(=O)N1CCCC(C(=O)N2CCC(CCO)C2)C1. The standard InChI is InChI=1S/C15H27N3O3/c1-16(2)15(21)18-7-3-4-13(11-18)14(20)17-8-5-12(10-17)6-9-19/h12-13,19H,3-11H2,1-2H3. The van der Waals surface area contributed by atoms with Crippen molar-refractivity contribution in [2.45, 2.75) is 25.7 Å². The molecule has 2 heterocycles. The van der Waals surface area contributed by atoms with Crippen LogP contribution in [0.1, 0.15) is 25.7 Å². The van der Waals surface area contributed by atoms with E-state index in [0.717, 1.165) is 45.3 Å². The number of aliphatic hydroxyl groups excluding tert-OH is 1. The zero-order chi connectivity index (χ0) is 15.4. The molecule has 0 spiro atoms. The van der Waals surface area contributed by atoms with E-state index in [2.05, 4.69) is 0 Å². The van der Waals surface area contributed by atoms with Crippen LogP contribution < -0.4 is 0 Å². The Morgan fingerprint density at radius 3 is 2.57 bits per heavy atom. The molecule has 0 radical (unpaired) electrons. The number of urea groups is 1. The Bertz CT molecular complexity index is 386. The van der Waals surface area contributed by atoms with Gasteiger partial charge in [0.2, 0.25) is 5.91 Å². The summed E-state index contributed by atoms with van der Waals surface area (Å²) in [4.78, 5) is 29.9. The van der Waals surface area contributed by atoms with Crippen molar-refractivity contribution in [2.24, 2.45) is 11.8 Å². The lowest BCUT2D eigenvalue weighted by atomic mass is 9.96. The van der Waals surface area contributed by atoms with Gasteiger partial charge in [0, 0.05) is 46.9 Å². The predicted octanol–water partition coefficient (Wildman–Crippen LogP) is 0.611. The second-order valence-corrected chi connectivity index (χ2v) is 6.41. The van der Waals surface area contributed by atoms with Gasteiger partial charge in [-0.05, 0) is 31.6 Å². The molecule has 3 amide bonds. The molecule has 1 N–H and O–H groups in total. The van der Waals surface area contributed by atoms with Gasteiger partial charge >= 0.3 is 6.03 Å². The molecule has 2 fully saturated rings. The first kappa shape index (κ1) is 16.1. The lowest BCUT2D eigenvalue weighted by molar-refractivity contribution is -0.136. The molecule has 0 aromatic heterocycles. The highest BCUT2D eigenvalue weighted by Crippen LogP contribution is 2.25. The van der Waals surface area contributed by atoms with Crippen molar-refractivity contribution in [2.75, 3.05) is 46.9 Å². The molecule has 2 saturated heterocycles. The van der Waals surface area contributed by atoms with Crippen LogP contribution in [0.5, 0.6) is 0 Å². The van der Waals surface area contributed by atoms with E-state index in [1.807, 2.05) is 4.90 Å². The van der Waals surface area contributed by atoms with E-state index < -0.39 is 0 Å². The van der Waals surface area contributed by atoms with E-state index in [1.165, 1.54) is 0 Å². The van der Waals surface area contributed by atoms with Crippen molar-refractivity contribution in [3.63, 3.8) is 0 Å².